The lowest BCUT2D eigenvalue weighted by Crippen LogP contribution is -2.43. The van der Waals surface area contributed by atoms with Gasteiger partial charge in [-0.2, -0.15) is 0 Å². The van der Waals surface area contributed by atoms with Crippen molar-refractivity contribution >= 4 is 5.91 Å². The number of nitrogens with zero attached hydrogens (tertiary/aromatic N) is 3. The van der Waals surface area contributed by atoms with Crippen LogP contribution in [0.25, 0.3) is 0 Å². The SMILES string of the molecule is O=C(NCC1CCOCC1)c1cn(C2CNC2)nn1. The van der Waals surface area contributed by atoms with Crippen LogP contribution in [0, 0.1) is 5.92 Å². The Labute approximate surface area is 111 Å². The fraction of sp³-hybridized carbons (Fsp3) is 0.750. The number of hydrogen-bond donors (Lipinski definition) is 2. The van der Waals surface area contributed by atoms with Crippen molar-refractivity contribution in [3.8, 4) is 0 Å². The second kappa shape index (κ2) is 5.66. The molecule has 3 rings (SSSR count). The molecule has 7 nitrogen and oxygen atoms in total. The van der Waals surface area contributed by atoms with Crippen LogP contribution in [0.1, 0.15) is 29.4 Å². The Bertz CT molecular complexity index is 437. The minimum atomic E-state index is -0.134. The van der Waals surface area contributed by atoms with Gasteiger partial charge in [0.1, 0.15) is 0 Å². The Morgan fingerprint density at radius 1 is 1.47 bits per heavy atom. The molecule has 0 saturated carbocycles. The van der Waals surface area contributed by atoms with Gasteiger partial charge < -0.3 is 15.4 Å². The molecule has 3 heterocycles. The Kier molecular flexibility index (Phi) is 3.74. The van der Waals surface area contributed by atoms with E-state index in [0.717, 1.165) is 39.1 Å². The molecular formula is C12H19N5O2. The zero-order valence-electron chi connectivity index (χ0n) is 10.8. The summed E-state index contributed by atoms with van der Waals surface area (Å²) in [5, 5.41) is 14.0. The van der Waals surface area contributed by atoms with Crippen molar-refractivity contribution in [1.29, 1.82) is 0 Å². The molecule has 1 aromatic rings. The molecule has 2 saturated heterocycles. The second-order valence-corrected chi connectivity index (χ2v) is 5.16. The van der Waals surface area contributed by atoms with Crippen molar-refractivity contribution in [2.75, 3.05) is 32.8 Å². The van der Waals surface area contributed by atoms with Crippen LogP contribution in [0.15, 0.2) is 6.20 Å². The number of aromatic nitrogens is 3. The van der Waals surface area contributed by atoms with E-state index in [-0.39, 0.29) is 5.91 Å². The molecule has 0 aromatic carbocycles. The molecule has 0 unspecified atom stereocenters. The summed E-state index contributed by atoms with van der Waals surface area (Å²) in [6.07, 6.45) is 3.76. The maximum Gasteiger partial charge on any atom is 0.273 e. The largest absolute Gasteiger partial charge is 0.381 e. The lowest BCUT2D eigenvalue weighted by atomic mass is 10.0. The monoisotopic (exact) mass is 265 g/mol. The molecule has 0 aliphatic carbocycles. The summed E-state index contributed by atoms with van der Waals surface area (Å²) in [5.41, 5.74) is 0.402. The summed E-state index contributed by atoms with van der Waals surface area (Å²) >= 11 is 0. The molecule has 1 aromatic heterocycles. The van der Waals surface area contributed by atoms with Gasteiger partial charge in [-0.05, 0) is 18.8 Å². The summed E-state index contributed by atoms with van der Waals surface area (Å²) in [4.78, 5) is 12.0. The average molecular weight is 265 g/mol. The van der Waals surface area contributed by atoms with Crippen LogP contribution in [0.5, 0.6) is 0 Å². The molecular weight excluding hydrogens is 246 g/mol. The zero-order chi connectivity index (χ0) is 13.1. The first-order valence-corrected chi connectivity index (χ1v) is 6.81. The van der Waals surface area contributed by atoms with Gasteiger partial charge in [0.25, 0.3) is 5.91 Å². The number of rotatable bonds is 4. The highest BCUT2D eigenvalue weighted by Gasteiger charge is 2.22. The average Bonchev–Trinajstić information content (AvgIpc) is 2.84. The quantitative estimate of drug-likeness (QED) is 0.772. The van der Waals surface area contributed by atoms with Crippen molar-refractivity contribution in [3.05, 3.63) is 11.9 Å². The zero-order valence-corrected chi connectivity index (χ0v) is 10.8. The van der Waals surface area contributed by atoms with E-state index in [1.807, 2.05) is 0 Å². The van der Waals surface area contributed by atoms with Crippen molar-refractivity contribution in [3.63, 3.8) is 0 Å². The molecule has 19 heavy (non-hydrogen) atoms. The van der Waals surface area contributed by atoms with E-state index in [0.29, 0.717) is 24.2 Å². The molecule has 2 N–H and O–H groups in total. The van der Waals surface area contributed by atoms with E-state index >= 15 is 0 Å². The van der Waals surface area contributed by atoms with Gasteiger partial charge in [-0.15, -0.1) is 5.10 Å². The van der Waals surface area contributed by atoms with Crippen LogP contribution < -0.4 is 10.6 Å². The molecule has 104 valence electrons. The normalized spacial score (nSPS) is 21.1. The third-order valence-electron chi connectivity index (χ3n) is 3.77. The fourth-order valence-corrected chi connectivity index (χ4v) is 2.30. The highest BCUT2D eigenvalue weighted by molar-refractivity contribution is 5.91. The van der Waals surface area contributed by atoms with Crippen molar-refractivity contribution in [2.24, 2.45) is 5.92 Å². The lowest BCUT2D eigenvalue weighted by Gasteiger charge is -2.26. The standard InChI is InChI=1S/C12H19N5O2/c18-12(14-5-9-1-3-19-4-2-9)11-8-17(16-15-11)10-6-13-7-10/h8-10,13H,1-7H2,(H,14,18). The molecule has 1 amide bonds. The summed E-state index contributed by atoms with van der Waals surface area (Å²) < 4.78 is 7.06. The predicted octanol–water partition coefficient (Wildman–Crippen LogP) is -0.421. The van der Waals surface area contributed by atoms with E-state index in [2.05, 4.69) is 20.9 Å². The van der Waals surface area contributed by atoms with Crippen LogP contribution in [-0.2, 0) is 4.74 Å². The maximum absolute atomic E-state index is 12.0. The molecule has 2 aliphatic heterocycles. The Morgan fingerprint density at radius 2 is 2.26 bits per heavy atom. The number of carbonyl (C=O) groups is 1. The van der Waals surface area contributed by atoms with Crippen molar-refractivity contribution in [2.45, 2.75) is 18.9 Å². The number of nitrogens with one attached hydrogen (secondary N) is 2. The predicted molar refractivity (Wildman–Crippen MR) is 67.8 cm³/mol. The molecule has 7 heteroatoms. The first-order valence-electron chi connectivity index (χ1n) is 6.81. The van der Waals surface area contributed by atoms with E-state index < -0.39 is 0 Å². The van der Waals surface area contributed by atoms with Crippen LogP contribution in [0.2, 0.25) is 0 Å². The van der Waals surface area contributed by atoms with Gasteiger partial charge in [-0.1, -0.05) is 5.21 Å². The van der Waals surface area contributed by atoms with Crippen LogP contribution >= 0.6 is 0 Å². The number of ether oxygens (including phenoxy) is 1. The van der Waals surface area contributed by atoms with Crippen LogP contribution in [-0.4, -0.2) is 53.7 Å². The Balaban J connectivity index is 1.50. The molecule has 2 aliphatic rings. The van der Waals surface area contributed by atoms with Gasteiger partial charge >= 0.3 is 0 Å². The minimum absolute atomic E-state index is 0.134. The second-order valence-electron chi connectivity index (χ2n) is 5.16. The summed E-state index contributed by atoms with van der Waals surface area (Å²) in [5.74, 6) is 0.383. The first kappa shape index (κ1) is 12.6. The van der Waals surface area contributed by atoms with Crippen LogP contribution in [0.3, 0.4) is 0 Å². The number of carbonyl (C=O) groups excluding carboxylic acids is 1. The summed E-state index contributed by atoms with van der Waals surface area (Å²) in [6.45, 7) is 4.08. The summed E-state index contributed by atoms with van der Waals surface area (Å²) in [6, 6.07) is 0.338. The van der Waals surface area contributed by atoms with Crippen LogP contribution in [0.4, 0.5) is 0 Å². The Hall–Kier alpha value is -1.47. The first-order chi connectivity index (χ1) is 9.33. The smallest absolute Gasteiger partial charge is 0.273 e. The molecule has 0 spiro atoms. The number of hydrogen-bond acceptors (Lipinski definition) is 5. The van der Waals surface area contributed by atoms with Gasteiger partial charge in [0.2, 0.25) is 0 Å². The third kappa shape index (κ3) is 2.93. The van der Waals surface area contributed by atoms with E-state index in [1.54, 1.807) is 10.9 Å². The molecule has 2 fully saturated rings. The molecule has 0 radical (unpaired) electrons. The fourth-order valence-electron chi connectivity index (χ4n) is 2.30. The van der Waals surface area contributed by atoms with Gasteiger partial charge in [-0.3, -0.25) is 4.79 Å². The molecule has 0 atom stereocenters. The Morgan fingerprint density at radius 3 is 2.95 bits per heavy atom. The van der Waals surface area contributed by atoms with Crippen molar-refractivity contribution in [1.82, 2.24) is 25.6 Å². The van der Waals surface area contributed by atoms with Crippen molar-refractivity contribution < 1.29 is 9.53 Å². The van der Waals surface area contributed by atoms with Gasteiger partial charge in [0.05, 0.1) is 12.2 Å². The lowest BCUT2D eigenvalue weighted by molar-refractivity contribution is 0.0642. The highest BCUT2D eigenvalue weighted by atomic mass is 16.5. The third-order valence-corrected chi connectivity index (χ3v) is 3.77. The topological polar surface area (TPSA) is 81.1 Å². The highest BCUT2D eigenvalue weighted by Crippen LogP contribution is 2.13. The van der Waals surface area contributed by atoms with E-state index in [1.165, 1.54) is 0 Å². The minimum Gasteiger partial charge on any atom is -0.381 e. The van der Waals surface area contributed by atoms with Gasteiger partial charge in [-0.25, -0.2) is 4.68 Å². The van der Waals surface area contributed by atoms with Gasteiger partial charge in [0.15, 0.2) is 5.69 Å². The maximum atomic E-state index is 12.0. The molecule has 0 bridgehead atoms. The van der Waals surface area contributed by atoms with E-state index in [4.69, 9.17) is 4.74 Å². The van der Waals surface area contributed by atoms with Gasteiger partial charge in [0, 0.05) is 32.8 Å². The van der Waals surface area contributed by atoms with E-state index in [9.17, 15) is 4.79 Å². The summed E-state index contributed by atoms with van der Waals surface area (Å²) in [7, 11) is 0. The number of amides is 1.